The maximum atomic E-state index is 14.0. The number of hydrogen-bond acceptors (Lipinski definition) is 6. The molecule has 1 aliphatic heterocycles. The van der Waals surface area contributed by atoms with Crippen LogP contribution in [0, 0.1) is 12.7 Å². The maximum Gasteiger partial charge on any atom is 0.229 e. The molecule has 5 nitrogen and oxygen atoms in total. The SMILES string of the molecule is Cc1cc(F)cc(Nc2nc(N[C@H](C)c3cccs3)c3cccc(C4=CCNCC4)c3n2)c1. The topological polar surface area (TPSA) is 61.9 Å². The summed E-state index contributed by atoms with van der Waals surface area (Å²) in [6.45, 7) is 5.79. The second-order valence-electron chi connectivity index (χ2n) is 8.30. The third-order valence-corrected chi connectivity index (χ3v) is 6.81. The predicted molar refractivity (Wildman–Crippen MR) is 136 cm³/mol. The highest BCUT2D eigenvalue weighted by molar-refractivity contribution is 7.10. The summed E-state index contributed by atoms with van der Waals surface area (Å²) in [6.07, 6.45) is 3.17. The molecule has 1 aliphatic rings. The van der Waals surface area contributed by atoms with Crippen LogP contribution in [0.15, 0.2) is 60.0 Å². The molecule has 0 amide bonds. The molecule has 0 bridgehead atoms. The van der Waals surface area contributed by atoms with Gasteiger partial charge in [-0.3, -0.25) is 0 Å². The number of anilines is 3. The number of rotatable bonds is 6. The van der Waals surface area contributed by atoms with Gasteiger partial charge in [0, 0.05) is 28.1 Å². The van der Waals surface area contributed by atoms with E-state index < -0.39 is 0 Å². The first-order valence-electron chi connectivity index (χ1n) is 11.1. The number of benzene rings is 2. The molecule has 7 heteroatoms. The van der Waals surface area contributed by atoms with E-state index in [1.807, 2.05) is 13.0 Å². The molecule has 0 radical (unpaired) electrons. The summed E-state index contributed by atoms with van der Waals surface area (Å²) >= 11 is 1.71. The summed E-state index contributed by atoms with van der Waals surface area (Å²) in [5.74, 6) is 0.909. The Morgan fingerprint density at radius 3 is 2.79 bits per heavy atom. The summed E-state index contributed by atoms with van der Waals surface area (Å²) < 4.78 is 14.0. The van der Waals surface area contributed by atoms with E-state index in [0.717, 1.165) is 47.4 Å². The summed E-state index contributed by atoms with van der Waals surface area (Å²) in [7, 11) is 0. The van der Waals surface area contributed by atoms with Crippen molar-refractivity contribution in [3.05, 3.63) is 81.8 Å². The van der Waals surface area contributed by atoms with Crippen LogP contribution < -0.4 is 16.0 Å². The van der Waals surface area contributed by atoms with Crippen LogP contribution in [-0.2, 0) is 0 Å². The molecular formula is C26H26FN5S. The molecule has 33 heavy (non-hydrogen) atoms. The number of thiophene rings is 1. The van der Waals surface area contributed by atoms with Crippen molar-refractivity contribution in [2.45, 2.75) is 26.3 Å². The monoisotopic (exact) mass is 459 g/mol. The van der Waals surface area contributed by atoms with Crippen LogP contribution in [0.25, 0.3) is 16.5 Å². The van der Waals surface area contributed by atoms with Crippen LogP contribution in [-0.4, -0.2) is 23.1 Å². The zero-order valence-corrected chi connectivity index (χ0v) is 19.5. The first-order valence-corrected chi connectivity index (χ1v) is 12.0. The van der Waals surface area contributed by atoms with Gasteiger partial charge in [0.25, 0.3) is 0 Å². The van der Waals surface area contributed by atoms with E-state index in [4.69, 9.17) is 9.97 Å². The first kappa shape index (κ1) is 21.6. The van der Waals surface area contributed by atoms with Gasteiger partial charge >= 0.3 is 0 Å². The second kappa shape index (κ2) is 9.29. The summed E-state index contributed by atoms with van der Waals surface area (Å²) in [6, 6.07) is 15.4. The van der Waals surface area contributed by atoms with E-state index in [1.54, 1.807) is 11.3 Å². The van der Waals surface area contributed by atoms with Gasteiger partial charge in [-0.15, -0.1) is 11.3 Å². The fourth-order valence-electron chi connectivity index (χ4n) is 4.20. The van der Waals surface area contributed by atoms with Gasteiger partial charge in [-0.2, -0.15) is 4.98 Å². The molecule has 2 aromatic heterocycles. The van der Waals surface area contributed by atoms with Crippen LogP contribution >= 0.6 is 11.3 Å². The van der Waals surface area contributed by atoms with Gasteiger partial charge in [-0.25, -0.2) is 9.37 Å². The molecule has 0 fully saturated rings. The molecule has 168 valence electrons. The molecular weight excluding hydrogens is 433 g/mol. The van der Waals surface area contributed by atoms with Crippen molar-refractivity contribution in [1.82, 2.24) is 15.3 Å². The Hall–Kier alpha value is -3.29. The first-order chi connectivity index (χ1) is 16.1. The Bertz CT molecular complexity index is 1300. The lowest BCUT2D eigenvalue weighted by atomic mass is 9.97. The summed E-state index contributed by atoms with van der Waals surface area (Å²) in [4.78, 5) is 10.9. The van der Waals surface area contributed by atoms with Crippen molar-refractivity contribution >= 4 is 45.3 Å². The molecule has 5 rings (SSSR count). The number of nitrogens with zero attached hydrogens (tertiary/aromatic N) is 2. The van der Waals surface area contributed by atoms with E-state index in [9.17, 15) is 4.39 Å². The molecule has 3 heterocycles. The van der Waals surface area contributed by atoms with Crippen LogP contribution in [0.4, 0.5) is 21.8 Å². The van der Waals surface area contributed by atoms with Crippen LogP contribution in [0.3, 0.4) is 0 Å². The van der Waals surface area contributed by atoms with Crippen LogP contribution in [0.2, 0.25) is 0 Å². The van der Waals surface area contributed by atoms with Crippen LogP contribution in [0.5, 0.6) is 0 Å². The standard InChI is InChI=1S/C26H26FN5S/c1-16-13-19(27)15-20(14-16)30-26-31-24-21(18-8-10-28-11-9-18)5-3-6-22(24)25(32-26)29-17(2)23-7-4-12-33-23/h3-8,12-15,17,28H,9-11H2,1-2H3,(H2,29,30,31,32)/t17-/m1/s1. The average molecular weight is 460 g/mol. The molecule has 0 unspecified atom stereocenters. The number of aromatic nitrogens is 2. The minimum atomic E-state index is -0.288. The highest BCUT2D eigenvalue weighted by Crippen LogP contribution is 2.33. The number of nitrogens with one attached hydrogen (secondary N) is 3. The van der Waals surface area contributed by atoms with E-state index >= 15 is 0 Å². The van der Waals surface area contributed by atoms with Crippen molar-refractivity contribution < 1.29 is 4.39 Å². The summed E-state index contributed by atoms with van der Waals surface area (Å²) in [5.41, 5.74) is 4.74. The number of para-hydroxylation sites is 1. The Morgan fingerprint density at radius 1 is 1.12 bits per heavy atom. The molecule has 3 N–H and O–H groups in total. The van der Waals surface area contributed by atoms with E-state index in [-0.39, 0.29) is 11.9 Å². The number of fused-ring (bicyclic) bond motifs is 1. The van der Waals surface area contributed by atoms with Gasteiger partial charge in [0.05, 0.1) is 11.6 Å². The Morgan fingerprint density at radius 2 is 2.03 bits per heavy atom. The van der Waals surface area contributed by atoms with E-state index in [0.29, 0.717) is 11.6 Å². The Labute approximate surface area is 196 Å². The van der Waals surface area contributed by atoms with Crippen molar-refractivity contribution in [2.24, 2.45) is 0 Å². The van der Waals surface area contributed by atoms with Gasteiger partial charge in [-0.05, 0) is 73.7 Å². The molecule has 1 atom stereocenters. The normalized spacial score (nSPS) is 14.7. The number of halogens is 1. The van der Waals surface area contributed by atoms with E-state index in [2.05, 4.69) is 64.7 Å². The highest BCUT2D eigenvalue weighted by atomic mass is 32.1. The average Bonchev–Trinajstić information content (AvgIpc) is 3.34. The van der Waals surface area contributed by atoms with Crippen molar-refractivity contribution in [3.63, 3.8) is 0 Å². The largest absolute Gasteiger partial charge is 0.362 e. The lowest BCUT2D eigenvalue weighted by molar-refractivity contribution is 0.627. The smallest absolute Gasteiger partial charge is 0.229 e. The molecule has 0 spiro atoms. The zero-order valence-electron chi connectivity index (χ0n) is 18.7. The van der Waals surface area contributed by atoms with Gasteiger partial charge < -0.3 is 16.0 Å². The fourth-order valence-corrected chi connectivity index (χ4v) is 4.93. The molecule has 4 aromatic rings. The highest BCUT2D eigenvalue weighted by Gasteiger charge is 2.17. The van der Waals surface area contributed by atoms with Crippen molar-refractivity contribution in [2.75, 3.05) is 23.7 Å². The van der Waals surface area contributed by atoms with Crippen molar-refractivity contribution in [1.29, 1.82) is 0 Å². The minimum absolute atomic E-state index is 0.0918. The van der Waals surface area contributed by atoms with Crippen LogP contribution in [0.1, 0.15) is 35.4 Å². The molecule has 0 saturated heterocycles. The lowest BCUT2D eigenvalue weighted by Crippen LogP contribution is -2.20. The summed E-state index contributed by atoms with van der Waals surface area (Å²) in [5, 5.41) is 13.2. The van der Waals surface area contributed by atoms with Gasteiger partial charge in [0.1, 0.15) is 11.6 Å². The minimum Gasteiger partial charge on any atom is -0.362 e. The third-order valence-electron chi connectivity index (χ3n) is 5.76. The lowest BCUT2D eigenvalue weighted by Gasteiger charge is -2.19. The molecule has 0 aliphatic carbocycles. The van der Waals surface area contributed by atoms with Gasteiger partial charge in [0.2, 0.25) is 5.95 Å². The molecule has 0 saturated carbocycles. The van der Waals surface area contributed by atoms with Gasteiger partial charge in [0.15, 0.2) is 0 Å². The molecule has 2 aromatic carbocycles. The van der Waals surface area contributed by atoms with Gasteiger partial charge in [-0.1, -0.05) is 24.3 Å². The van der Waals surface area contributed by atoms with E-state index in [1.165, 1.54) is 22.6 Å². The fraction of sp³-hybridized carbons (Fsp3) is 0.231. The number of hydrogen-bond donors (Lipinski definition) is 3. The predicted octanol–water partition coefficient (Wildman–Crippen LogP) is 6.43. The van der Waals surface area contributed by atoms with Crippen molar-refractivity contribution in [3.8, 4) is 0 Å². The quantitative estimate of drug-likeness (QED) is 0.310. The maximum absolute atomic E-state index is 14.0. The zero-order chi connectivity index (χ0) is 22.8. The second-order valence-corrected chi connectivity index (χ2v) is 9.28. The number of aryl methyl sites for hydroxylation is 1. The Balaban J connectivity index is 1.62. The Kier molecular flexibility index (Phi) is 6.07. The third kappa shape index (κ3) is 4.74.